The van der Waals surface area contributed by atoms with Gasteiger partial charge in [0.15, 0.2) is 0 Å². The molecule has 0 bridgehead atoms. The van der Waals surface area contributed by atoms with Gasteiger partial charge in [0.2, 0.25) is 10.0 Å². The summed E-state index contributed by atoms with van der Waals surface area (Å²) in [5.41, 5.74) is 0.919. The van der Waals surface area contributed by atoms with E-state index in [0.29, 0.717) is 43.6 Å². The van der Waals surface area contributed by atoms with Gasteiger partial charge in [-0.1, -0.05) is 13.3 Å². The summed E-state index contributed by atoms with van der Waals surface area (Å²) in [6.45, 7) is 3.10. The van der Waals surface area contributed by atoms with Crippen molar-refractivity contribution in [1.82, 2.24) is 14.5 Å². The van der Waals surface area contributed by atoms with E-state index in [9.17, 15) is 22.8 Å². The van der Waals surface area contributed by atoms with E-state index in [0.717, 1.165) is 12.8 Å². The molecule has 152 valence electrons. The number of amides is 3. The topological polar surface area (TPSA) is 104 Å². The fraction of sp³-hybridized carbons (Fsp3) is 0.526. The number of benzene rings is 1. The van der Waals surface area contributed by atoms with E-state index < -0.39 is 10.0 Å². The number of sulfonamides is 1. The van der Waals surface area contributed by atoms with Crippen LogP contribution in [0.2, 0.25) is 0 Å². The first-order valence-electron chi connectivity index (χ1n) is 9.48. The summed E-state index contributed by atoms with van der Waals surface area (Å²) >= 11 is 0. The molecule has 3 rings (SSSR count). The van der Waals surface area contributed by atoms with Crippen LogP contribution in [-0.2, 0) is 10.0 Å². The van der Waals surface area contributed by atoms with Crippen LogP contribution in [0.3, 0.4) is 0 Å². The van der Waals surface area contributed by atoms with E-state index in [1.807, 2.05) is 6.92 Å². The van der Waals surface area contributed by atoms with E-state index in [-0.39, 0.29) is 29.3 Å². The second-order valence-corrected chi connectivity index (χ2v) is 9.27. The standard InChI is InChI=1S/C19H25N3O5S/c1-3-4-9-22-18(24)15-6-5-13(12-16(15)19(22)25)17(23)20-14-7-10-21(11-8-14)28(2,26)27/h5-6,12,14H,3-4,7-11H2,1-2H3,(H,20,23). The van der Waals surface area contributed by atoms with Gasteiger partial charge in [-0.3, -0.25) is 19.3 Å². The van der Waals surface area contributed by atoms with E-state index >= 15 is 0 Å². The van der Waals surface area contributed by atoms with E-state index in [4.69, 9.17) is 0 Å². The van der Waals surface area contributed by atoms with Gasteiger partial charge >= 0.3 is 0 Å². The van der Waals surface area contributed by atoms with Gasteiger partial charge in [-0.05, 0) is 37.5 Å². The van der Waals surface area contributed by atoms with E-state index in [2.05, 4.69) is 5.32 Å². The summed E-state index contributed by atoms with van der Waals surface area (Å²) < 4.78 is 24.5. The SMILES string of the molecule is CCCCN1C(=O)c2ccc(C(=O)NC3CCN(S(C)(=O)=O)CC3)cc2C1=O. The smallest absolute Gasteiger partial charge is 0.261 e. The minimum absolute atomic E-state index is 0.128. The number of rotatable bonds is 6. The number of nitrogens with zero attached hydrogens (tertiary/aromatic N) is 2. The van der Waals surface area contributed by atoms with Gasteiger partial charge in [-0.25, -0.2) is 12.7 Å². The molecule has 0 radical (unpaired) electrons. The third-order valence-corrected chi connectivity index (χ3v) is 6.53. The van der Waals surface area contributed by atoms with Crippen molar-refractivity contribution < 1.29 is 22.8 Å². The fourth-order valence-electron chi connectivity index (χ4n) is 3.55. The van der Waals surface area contributed by atoms with Crippen LogP contribution >= 0.6 is 0 Å². The van der Waals surface area contributed by atoms with Crippen molar-refractivity contribution in [3.05, 3.63) is 34.9 Å². The van der Waals surface area contributed by atoms with Crippen LogP contribution in [0.4, 0.5) is 0 Å². The van der Waals surface area contributed by atoms with Crippen molar-refractivity contribution in [3.8, 4) is 0 Å². The van der Waals surface area contributed by atoms with Crippen molar-refractivity contribution in [2.75, 3.05) is 25.9 Å². The lowest BCUT2D eigenvalue weighted by atomic mass is 10.0. The van der Waals surface area contributed by atoms with Crippen molar-refractivity contribution in [2.45, 2.75) is 38.6 Å². The van der Waals surface area contributed by atoms with Gasteiger partial charge in [0.05, 0.1) is 17.4 Å². The molecule has 2 aliphatic rings. The van der Waals surface area contributed by atoms with Gasteiger partial charge in [-0.2, -0.15) is 0 Å². The molecule has 1 fully saturated rings. The number of imide groups is 1. The highest BCUT2D eigenvalue weighted by Gasteiger charge is 2.35. The maximum atomic E-state index is 12.6. The molecule has 1 aromatic rings. The lowest BCUT2D eigenvalue weighted by Crippen LogP contribution is -2.46. The Morgan fingerprint density at radius 2 is 1.79 bits per heavy atom. The molecule has 0 aromatic heterocycles. The second-order valence-electron chi connectivity index (χ2n) is 7.29. The molecule has 1 saturated heterocycles. The number of hydrogen-bond donors (Lipinski definition) is 1. The number of carbonyl (C=O) groups excluding carboxylic acids is 3. The molecular weight excluding hydrogens is 382 g/mol. The van der Waals surface area contributed by atoms with E-state index in [1.165, 1.54) is 27.6 Å². The normalized spacial score (nSPS) is 18.4. The summed E-state index contributed by atoms with van der Waals surface area (Å²) in [6, 6.07) is 4.43. The predicted molar refractivity (Wildman–Crippen MR) is 104 cm³/mol. The summed E-state index contributed by atoms with van der Waals surface area (Å²) in [4.78, 5) is 38.7. The highest BCUT2D eigenvalue weighted by atomic mass is 32.2. The Morgan fingerprint density at radius 1 is 1.14 bits per heavy atom. The number of piperidine rings is 1. The zero-order chi connectivity index (χ0) is 20.5. The maximum absolute atomic E-state index is 12.6. The largest absolute Gasteiger partial charge is 0.349 e. The molecule has 2 aliphatic heterocycles. The maximum Gasteiger partial charge on any atom is 0.261 e. The fourth-order valence-corrected chi connectivity index (χ4v) is 4.43. The van der Waals surface area contributed by atoms with Crippen molar-refractivity contribution in [1.29, 1.82) is 0 Å². The molecule has 1 N–H and O–H groups in total. The molecule has 0 saturated carbocycles. The van der Waals surface area contributed by atoms with E-state index in [1.54, 1.807) is 6.07 Å². The first-order valence-corrected chi connectivity index (χ1v) is 11.3. The third-order valence-electron chi connectivity index (χ3n) is 5.23. The van der Waals surface area contributed by atoms with Crippen LogP contribution in [0.25, 0.3) is 0 Å². The van der Waals surface area contributed by atoms with Crippen LogP contribution in [0.5, 0.6) is 0 Å². The average molecular weight is 407 g/mol. The monoisotopic (exact) mass is 407 g/mol. The van der Waals surface area contributed by atoms with Crippen LogP contribution in [0, 0.1) is 0 Å². The Labute approximate surface area is 164 Å². The molecule has 2 heterocycles. The van der Waals surface area contributed by atoms with Gasteiger partial charge in [-0.15, -0.1) is 0 Å². The van der Waals surface area contributed by atoms with Crippen LogP contribution in [-0.4, -0.2) is 67.3 Å². The van der Waals surface area contributed by atoms with Crippen molar-refractivity contribution >= 4 is 27.7 Å². The van der Waals surface area contributed by atoms with Gasteiger partial charge in [0, 0.05) is 31.2 Å². The minimum atomic E-state index is -3.21. The number of unbranched alkanes of at least 4 members (excludes halogenated alkanes) is 1. The predicted octanol–water partition coefficient (Wildman–Crippen LogP) is 1.24. The van der Waals surface area contributed by atoms with Crippen molar-refractivity contribution in [2.24, 2.45) is 0 Å². The van der Waals surface area contributed by atoms with Crippen molar-refractivity contribution in [3.63, 3.8) is 0 Å². The number of hydrogen-bond acceptors (Lipinski definition) is 5. The summed E-state index contributed by atoms with van der Waals surface area (Å²) in [6.07, 6.45) is 3.86. The minimum Gasteiger partial charge on any atom is -0.349 e. The van der Waals surface area contributed by atoms with Crippen LogP contribution in [0.1, 0.15) is 63.7 Å². The zero-order valence-electron chi connectivity index (χ0n) is 16.1. The quantitative estimate of drug-likeness (QED) is 0.715. The molecule has 9 heteroatoms. The number of nitrogens with one attached hydrogen (secondary N) is 1. The molecule has 3 amide bonds. The molecule has 8 nitrogen and oxygen atoms in total. The second kappa shape index (κ2) is 8.00. The number of carbonyl (C=O) groups is 3. The molecular formula is C19H25N3O5S. The average Bonchev–Trinajstić information content (AvgIpc) is 2.90. The molecule has 0 spiro atoms. The van der Waals surface area contributed by atoms with Gasteiger partial charge < -0.3 is 5.32 Å². The van der Waals surface area contributed by atoms with Crippen LogP contribution < -0.4 is 5.32 Å². The lowest BCUT2D eigenvalue weighted by Gasteiger charge is -2.30. The Bertz CT molecular complexity index is 904. The highest BCUT2D eigenvalue weighted by Crippen LogP contribution is 2.24. The Balaban J connectivity index is 1.66. The summed E-state index contributed by atoms with van der Waals surface area (Å²) in [7, 11) is -3.21. The zero-order valence-corrected chi connectivity index (χ0v) is 16.9. The van der Waals surface area contributed by atoms with Gasteiger partial charge in [0.1, 0.15) is 0 Å². The first kappa shape index (κ1) is 20.5. The number of fused-ring (bicyclic) bond motifs is 1. The lowest BCUT2D eigenvalue weighted by molar-refractivity contribution is 0.0652. The summed E-state index contributed by atoms with van der Waals surface area (Å²) in [5, 5.41) is 2.90. The highest BCUT2D eigenvalue weighted by molar-refractivity contribution is 7.88. The van der Waals surface area contributed by atoms with Crippen LogP contribution in [0.15, 0.2) is 18.2 Å². The molecule has 1 aromatic carbocycles. The Kier molecular flexibility index (Phi) is 5.85. The summed E-state index contributed by atoms with van der Waals surface area (Å²) in [5.74, 6) is -0.994. The Morgan fingerprint density at radius 3 is 2.39 bits per heavy atom. The molecule has 28 heavy (non-hydrogen) atoms. The molecule has 0 atom stereocenters. The third kappa shape index (κ3) is 4.10. The molecule has 0 unspecified atom stereocenters. The first-order chi connectivity index (χ1) is 13.2. The Hall–Kier alpha value is -2.26. The van der Waals surface area contributed by atoms with Gasteiger partial charge in [0.25, 0.3) is 17.7 Å². The molecule has 0 aliphatic carbocycles.